The molecule has 4 nitrogen and oxygen atoms in total. The van der Waals surface area contributed by atoms with Crippen LogP contribution in [0.25, 0.3) is 0 Å². The first-order chi connectivity index (χ1) is 12.2. The van der Waals surface area contributed by atoms with Gasteiger partial charge in [-0.1, -0.05) is 30.3 Å². The summed E-state index contributed by atoms with van der Waals surface area (Å²) in [5.74, 6) is 1.46. The Labute approximate surface area is 155 Å². The van der Waals surface area contributed by atoms with Crippen molar-refractivity contribution in [2.24, 2.45) is 0 Å². The molecule has 1 heterocycles. The van der Waals surface area contributed by atoms with Crippen LogP contribution < -0.4 is 14.8 Å². The summed E-state index contributed by atoms with van der Waals surface area (Å²) < 4.78 is 12.0. The number of benzene rings is 2. The number of hydrogen-bond donors (Lipinski definition) is 1. The van der Waals surface area contributed by atoms with E-state index in [0.29, 0.717) is 6.42 Å². The zero-order chi connectivity index (χ0) is 18.9. The Kier molecular flexibility index (Phi) is 4.94. The lowest BCUT2D eigenvalue weighted by Crippen LogP contribution is -2.44. The highest BCUT2D eigenvalue weighted by Crippen LogP contribution is 2.40. The smallest absolute Gasteiger partial charge is 0.261 e. The summed E-state index contributed by atoms with van der Waals surface area (Å²) in [6.45, 7) is 9.88. The van der Waals surface area contributed by atoms with E-state index in [1.165, 1.54) is 0 Å². The minimum atomic E-state index is -0.573. The third-order valence-electron chi connectivity index (χ3n) is 4.71. The molecule has 1 aliphatic rings. The van der Waals surface area contributed by atoms with Gasteiger partial charge in [-0.15, -0.1) is 0 Å². The number of amides is 1. The van der Waals surface area contributed by atoms with E-state index in [4.69, 9.17) is 9.47 Å². The van der Waals surface area contributed by atoms with Crippen LogP contribution in [0.4, 0.5) is 0 Å². The third kappa shape index (κ3) is 4.01. The van der Waals surface area contributed by atoms with Gasteiger partial charge in [-0.2, -0.15) is 0 Å². The van der Waals surface area contributed by atoms with E-state index in [0.717, 1.165) is 28.2 Å². The van der Waals surface area contributed by atoms with Gasteiger partial charge in [0.2, 0.25) is 0 Å². The van der Waals surface area contributed by atoms with Crippen LogP contribution in [0.5, 0.6) is 11.5 Å². The third-order valence-corrected chi connectivity index (χ3v) is 4.71. The van der Waals surface area contributed by atoms with E-state index >= 15 is 0 Å². The van der Waals surface area contributed by atoms with E-state index in [-0.39, 0.29) is 17.6 Å². The Morgan fingerprint density at radius 1 is 1.23 bits per heavy atom. The molecule has 0 unspecified atom stereocenters. The molecule has 2 aromatic carbocycles. The molecule has 26 heavy (non-hydrogen) atoms. The van der Waals surface area contributed by atoms with Gasteiger partial charge in [-0.25, -0.2) is 0 Å². The quantitative estimate of drug-likeness (QED) is 0.881. The minimum Gasteiger partial charge on any atom is -0.487 e. The molecule has 0 aromatic heterocycles. The number of carbonyl (C=O) groups is 1. The molecule has 3 rings (SSSR count). The fraction of sp³-hybridized carbons (Fsp3) is 0.409. The van der Waals surface area contributed by atoms with Gasteiger partial charge in [0.1, 0.15) is 17.1 Å². The SMILES string of the molecule is Cc1ccc2c(c1)OC(C)(C)C[C@H]2NC(=O)[C@@H](C)Oc1ccccc1C. The predicted molar refractivity (Wildman–Crippen MR) is 103 cm³/mol. The molecular weight excluding hydrogens is 326 g/mol. The molecule has 1 amide bonds. The van der Waals surface area contributed by atoms with Crippen LogP contribution in [0.3, 0.4) is 0 Å². The van der Waals surface area contributed by atoms with Crippen molar-refractivity contribution in [2.75, 3.05) is 0 Å². The first-order valence-corrected chi connectivity index (χ1v) is 9.07. The number of para-hydroxylation sites is 1. The molecule has 0 saturated heterocycles. The number of aryl methyl sites for hydroxylation is 2. The van der Waals surface area contributed by atoms with Crippen LogP contribution in [0.2, 0.25) is 0 Å². The number of hydrogen-bond acceptors (Lipinski definition) is 3. The fourth-order valence-corrected chi connectivity index (χ4v) is 3.31. The maximum absolute atomic E-state index is 12.7. The fourth-order valence-electron chi connectivity index (χ4n) is 3.31. The lowest BCUT2D eigenvalue weighted by molar-refractivity contribution is -0.128. The number of fused-ring (bicyclic) bond motifs is 1. The molecule has 0 bridgehead atoms. The van der Waals surface area contributed by atoms with Gasteiger partial charge in [-0.3, -0.25) is 4.79 Å². The van der Waals surface area contributed by atoms with Crippen molar-refractivity contribution in [2.45, 2.75) is 58.8 Å². The summed E-state index contributed by atoms with van der Waals surface area (Å²) in [6.07, 6.45) is 0.141. The Balaban J connectivity index is 1.75. The molecule has 1 aliphatic heterocycles. The predicted octanol–water partition coefficient (Wildman–Crippen LogP) is 4.49. The van der Waals surface area contributed by atoms with Gasteiger partial charge in [0.25, 0.3) is 5.91 Å². The number of rotatable bonds is 4. The summed E-state index contributed by atoms with van der Waals surface area (Å²) in [5.41, 5.74) is 2.84. The molecule has 2 atom stereocenters. The highest BCUT2D eigenvalue weighted by molar-refractivity contribution is 5.81. The van der Waals surface area contributed by atoms with E-state index in [1.807, 2.05) is 70.2 Å². The van der Waals surface area contributed by atoms with Crippen molar-refractivity contribution >= 4 is 5.91 Å². The summed E-state index contributed by atoms with van der Waals surface area (Å²) in [6, 6.07) is 13.7. The van der Waals surface area contributed by atoms with E-state index in [1.54, 1.807) is 6.92 Å². The van der Waals surface area contributed by atoms with Crippen molar-refractivity contribution in [3.63, 3.8) is 0 Å². The molecule has 1 N–H and O–H groups in total. The molecule has 0 fully saturated rings. The lowest BCUT2D eigenvalue weighted by atomic mass is 9.89. The van der Waals surface area contributed by atoms with Crippen LogP contribution in [0.15, 0.2) is 42.5 Å². The maximum Gasteiger partial charge on any atom is 0.261 e. The lowest BCUT2D eigenvalue weighted by Gasteiger charge is -2.38. The summed E-state index contributed by atoms with van der Waals surface area (Å²) >= 11 is 0. The van der Waals surface area contributed by atoms with E-state index < -0.39 is 6.10 Å². The Morgan fingerprint density at radius 3 is 2.69 bits per heavy atom. The Bertz CT molecular complexity index is 813. The van der Waals surface area contributed by atoms with Gasteiger partial charge >= 0.3 is 0 Å². The number of ether oxygens (including phenoxy) is 2. The van der Waals surface area contributed by atoms with Crippen LogP contribution in [0, 0.1) is 13.8 Å². The monoisotopic (exact) mass is 353 g/mol. The van der Waals surface area contributed by atoms with Crippen molar-refractivity contribution < 1.29 is 14.3 Å². The van der Waals surface area contributed by atoms with Crippen LogP contribution >= 0.6 is 0 Å². The molecule has 0 spiro atoms. The second-order valence-corrected chi connectivity index (χ2v) is 7.69. The minimum absolute atomic E-state index is 0.0928. The Hall–Kier alpha value is -2.49. The van der Waals surface area contributed by atoms with Crippen molar-refractivity contribution in [1.82, 2.24) is 5.32 Å². The van der Waals surface area contributed by atoms with Gasteiger partial charge in [0.05, 0.1) is 6.04 Å². The number of carbonyl (C=O) groups excluding carboxylic acids is 1. The van der Waals surface area contributed by atoms with Gasteiger partial charge in [0.15, 0.2) is 6.10 Å². The molecule has 0 saturated carbocycles. The second kappa shape index (κ2) is 7.02. The maximum atomic E-state index is 12.7. The van der Waals surface area contributed by atoms with Crippen molar-refractivity contribution in [1.29, 1.82) is 0 Å². The topological polar surface area (TPSA) is 47.6 Å². The highest BCUT2D eigenvalue weighted by Gasteiger charge is 2.35. The summed E-state index contributed by atoms with van der Waals surface area (Å²) in [4.78, 5) is 12.7. The van der Waals surface area contributed by atoms with E-state index in [2.05, 4.69) is 5.32 Å². The molecule has 0 aliphatic carbocycles. The average molecular weight is 353 g/mol. The zero-order valence-corrected chi connectivity index (χ0v) is 16.1. The van der Waals surface area contributed by atoms with Crippen molar-refractivity contribution in [3.8, 4) is 11.5 Å². The van der Waals surface area contributed by atoms with Crippen LogP contribution in [0.1, 0.15) is 49.9 Å². The summed E-state index contributed by atoms with van der Waals surface area (Å²) in [5, 5.41) is 3.15. The average Bonchev–Trinajstić information content (AvgIpc) is 2.55. The molecular formula is C22H27NO3. The summed E-state index contributed by atoms with van der Waals surface area (Å²) in [7, 11) is 0. The highest BCUT2D eigenvalue weighted by atomic mass is 16.5. The van der Waals surface area contributed by atoms with Crippen molar-refractivity contribution in [3.05, 3.63) is 59.2 Å². The van der Waals surface area contributed by atoms with Crippen LogP contribution in [-0.2, 0) is 4.79 Å². The molecule has 2 aromatic rings. The van der Waals surface area contributed by atoms with Gasteiger partial charge < -0.3 is 14.8 Å². The Morgan fingerprint density at radius 2 is 1.96 bits per heavy atom. The normalized spacial score (nSPS) is 19.0. The first kappa shape index (κ1) is 18.3. The van der Waals surface area contributed by atoms with E-state index in [9.17, 15) is 4.79 Å². The largest absolute Gasteiger partial charge is 0.487 e. The first-order valence-electron chi connectivity index (χ1n) is 9.07. The zero-order valence-electron chi connectivity index (χ0n) is 16.1. The van der Waals surface area contributed by atoms with Gasteiger partial charge in [-0.05, 0) is 57.9 Å². The van der Waals surface area contributed by atoms with Gasteiger partial charge in [0, 0.05) is 12.0 Å². The standard InChI is InChI=1S/C22H27NO3/c1-14-10-11-17-18(13-22(4,5)26-20(17)12-14)23-21(24)16(3)25-19-9-7-6-8-15(19)2/h6-12,16,18H,13H2,1-5H3,(H,23,24)/t16-,18-/m1/s1. The molecule has 138 valence electrons. The second-order valence-electron chi connectivity index (χ2n) is 7.69. The molecule has 0 radical (unpaired) electrons. The molecule has 4 heteroatoms. The number of nitrogens with one attached hydrogen (secondary N) is 1. The van der Waals surface area contributed by atoms with Crippen LogP contribution in [-0.4, -0.2) is 17.6 Å².